The van der Waals surface area contributed by atoms with Gasteiger partial charge in [-0.15, -0.1) is 0 Å². The second-order valence-corrected chi connectivity index (χ2v) is 4.39. The number of nitrogens with one attached hydrogen (secondary N) is 1. The van der Waals surface area contributed by atoms with Crippen molar-refractivity contribution in [2.45, 2.75) is 13.5 Å². The van der Waals surface area contributed by atoms with Crippen molar-refractivity contribution in [3.05, 3.63) is 35.9 Å². The molecule has 0 spiro atoms. The fourth-order valence-corrected chi connectivity index (χ4v) is 1.90. The first-order chi connectivity index (χ1) is 10.2. The highest BCUT2D eigenvalue weighted by Crippen LogP contribution is 2.28. The van der Waals surface area contributed by atoms with Gasteiger partial charge in [0, 0.05) is 12.6 Å². The summed E-state index contributed by atoms with van der Waals surface area (Å²) in [5.41, 5.74) is 0.529. The molecule has 2 rings (SSSR count). The number of hydrogen-bond acceptors (Lipinski definition) is 5. The van der Waals surface area contributed by atoms with Crippen LogP contribution in [0.2, 0.25) is 0 Å². The van der Waals surface area contributed by atoms with Gasteiger partial charge in [-0.05, 0) is 25.1 Å². The van der Waals surface area contributed by atoms with Crippen molar-refractivity contribution in [2.24, 2.45) is 0 Å². The van der Waals surface area contributed by atoms with Gasteiger partial charge in [0.2, 0.25) is 0 Å². The van der Waals surface area contributed by atoms with Gasteiger partial charge in [0.05, 0.1) is 20.3 Å². The molecule has 0 fully saturated rings. The van der Waals surface area contributed by atoms with Crippen LogP contribution in [0.4, 0.5) is 0 Å². The fraction of sp³-hybridized carbons (Fsp3) is 0.357. The smallest absolute Gasteiger partial charge is 0.254 e. The van der Waals surface area contributed by atoms with Gasteiger partial charge in [-0.25, -0.2) is 4.98 Å². The van der Waals surface area contributed by atoms with E-state index < -0.39 is 0 Å². The average Bonchev–Trinajstić information content (AvgIpc) is 2.99. The molecular weight excluding hydrogens is 272 g/mol. The standard InChI is InChI=1S/C14H18N4O3/c1-4-21-12-7-10(5-6-11(12)20-3)14(19)18(2)8-13-15-9-16-17-13/h5-7,9H,4,8H2,1-3H3,(H,15,16,17). The molecule has 0 saturated carbocycles. The summed E-state index contributed by atoms with van der Waals surface area (Å²) in [5, 5.41) is 6.48. The zero-order valence-electron chi connectivity index (χ0n) is 12.3. The monoisotopic (exact) mass is 290 g/mol. The Bertz CT molecular complexity index is 598. The number of benzene rings is 1. The third-order valence-electron chi connectivity index (χ3n) is 2.91. The van der Waals surface area contributed by atoms with Gasteiger partial charge in [-0.2, -0.15) is 5.10 Å². The molecule has 7 heteroatoms. The molecule has 1 aromatic heterocycles. The van der Waals surface area contributed by atoms with Gasteiger partial charge in [0.25, 0.3) is 5.91 Å². The highest BCUT2D eigenvalue weighted by molar-refractivity contribution is 5.94. The summed E-state index contributed by atoms with van der Waals surface area (Å²) in [4.78, 5) is 17.9. The number of methoxy groups -OCH3 is 1. The highest BCUT2D eigenvalue weighted by atomic mass is 16.5. The van der Waals surface area contributed by atoms with Gasteiger partial charge in [0.15, 0.2) is 11.5 Å². The molecule has 21 heavy (non-hydrogen) atoms. The van der Waals surface area contributed by atoms with Crippen molar-refractivity contribution in [1.82, 2.24) is 20.1 Å². The van der Waals surface area contributed by atoms with E-state index in [2.05, 4.69) is 15.2 Å². The minimum atomic E-state index is -0.130. The van der Waals surface area contributed by atoms with E-state index >= 15 is 0 Å². The number of carbonyl (C=O) groups excluding carboxylic acids is 1. The van der Waals surface area contributed by atoms with Gasteiger partial charge in [-0.3, -0.25) is 9.89 Å². The van der Waals surface area contributed by atoms with Crippen molar-refractivity contribution in [1.29, 1.82) is 0 Å². The lowest BCUT2D eigenvalue weighted by Gasteiger charge is -2.17. The molecule has 112 valence electrons. The Hall–Kier alpha value is -2.57. The van der Waals surface area contributed by atoms with Crippen molar-refractivity contribution in [3.8, 4) is 11.5 Å². The minimum Gasteiger partial charge on any atom is -0.493 e. The van der Waals surface area contributed by atoms with E-state index in [4.69, 9.17) is 9.47 Å². The normalized spacial score (nSPS) is 10.2. The molecule has 0 aliphatic heterocycles. The number of hydrogen-bond donors (Lipinski definition) is 1. The van der Waals surface area contributed by atoms with Crippen LogP contribution in [-0.4, -0.2) is 46.8 Å². The van der Waals surface area contributed by atoms with Crippen molar-refractivity contribution >= 4 is 5.91 Å². The molecule has 1 N–H and O–H groups in total. The number of aromatic nitrogens is 3. The summed E-state index contributed by atoms with van der Waals surface area (Å²) in [6.07, 6.45) is 1.41. The first-order valence-electron chi connectivity index (χ1n) is 6.56. The Labute approximate surface area is 122 Å². The van der Waals surface area contributed by atoms with Crippen molar-refractivity contribution in [3.63, 3.8) is 0 Å². The number of amides is 1. The Morgan fingerprint density at radius 1 is 1.38 bits per heavy atom. The molecule has 2 aromatic rings. The quantitative estimate of drug-likeness (QED) is 0.871. The maximum absolute atomic E-state index is 12.4. The van der Waals surface area contributed by atoms with E-state index in [1.807, 2.05) is 6.92 Å². The third-order valence-corrected chi connectivity index (χ3v) is 2.91. The Morgan fingerprint density at radius 2 is 2.19 bits per heavy atom. The first kappa shape index (κ1) is 14.8. The van der Waals surface area contributed by atoms with Crippen LogP contribution in [-0.2, 0) is 6.54 Å². The second kappa shape index (κ2) is 6.74. The molecule has 0 aliphatic carbocycles. The topological polar surface area (TPSA) is 80.3 Å². The molecule has 0 saturated heterocycles. The van der Waals surface area contributed by atoms with Crippen LogP contribution in [0.3, 0.4) is 0 Å². The summed E-state index contributed by atoms with van der Waals surface area (Å²) in [6, 6.07) is 5.11. The van der Waals surface area contributed by atoms with Crippen LogP contribution in [0.15, 0.2) is 24.5 Å². The van der Waals surface area contributed by atoms with Gasteiger partial charge in [0.1, 0.15) is 12.2 Å². The molecule has 7 nitrogen and oxygen atoms in total. The van der Waals surface area contributed by atoms with Crippen LogP contribution in [0.5, 0.6) is 11.5 Å². The number of ether oxygens (including phenoxy) is 2. The predicted molar refractivity (Wildman–Crippen MR) is 76.3 cm³/mol. The van der Waals surface area contributed by atoms with Gasteiger partial charge in [-0.1, -0.05) is 0 Å². The largest absolute Gasteiger partial charge is 0.493 e. The lowest BCUT2D eigenvalue weighted by molar-refractivity contribution is 0.0781. The Kier molecular flexibility index (Phi) is 4.76. The van der Waals surface area contributed by atoms with Crippen molar-refractivity contribution in [2.75, 3.05) is 20.8 Å². The fourth-order valence-electron chi connectivity index (χ4n) is 1.90. The van der Waals surface area contributed by atoms with Crippen LogP contribution in [0.25, 0.3) is 0 Å². The molecule has 0 bridgehead atoms. The van der Waals surface area contributed by atoms with E-state index in [-0.39, 0.29) is 5.91 Å². The second-order valence-electron chi connectivity index (χ2n) is 4.39. The van der Waals surface area contributed by atoms with Gasteiger partial charge < -0.3 is 14.4 Å². The first-order valence-corrected chi connectivity index (χ1v) is 6.56. The predicted octanol–water partition coefficient (Wildman–Crippen LogP) is 1.48. The van der Waals surface area contributed by atoms with Crippen LogP contribution in [0, 0.1) is 0 Å². The maximum Gasteiger partial charge on any atom is 0.254 e. The van der Waals surface area contributed by atoms with Crippen LogP contribution in [0.1, 0.15) is 23.1 Å². The number of H-pyrrole nitrogens is 1. The minimum absolute atomic E-state index is 0.130. The summed E-state index contributed by atoms with van der Waals surface area (Å²) in [5.74, 6) is 1.66. The average molecular weight is 290 g/mol. The summed E-state index contributed by atoms with van der Waals surface area (Å²) >= 11 is 0. The van der Waals surface area contributed by atoms with Crippen LogP contribution < -0.4 is 9.47 Å². The molecule has 1 heterocycles. The van der Waals surface area contributed by atoms with Crippen molar-refractivity contribution < 1.29 is 14.3 Å². The third kappa shape index (κ3) is 3.50. The Balaban J connectivity index is 2.16. The lowest BCUT2D eigenvalue weighted by Crippen LogP contribution is -2.26. The molecule has 0 atom stereocenters. The molecule has 1 amide bonds. The maximum atomic E-state index is 12.4. The SMILES string of the molecule is CCOc1cc(C(=O)N(C)Cc2ncn[nH]2)ccc1OC. The van der Waals surface area contributed by atoms with E-state index in [1.165, 1.54) is 6.33 Å². The number of rotatable bonds is 6. The van der Waals surface area contributed by atoms with E-state index in [1.54, 1.807) is 37.3 Å². The number of carbonyl (C=O) groups is 1. The summed E-state index contributed by atoms with van der Waals surface area (Å²) < 4.78 is 10.7. The lowest BCUT2D eigenvalue weighted by atomic mass is 10.1. The molecule has 0 radical (unpaired) electrons. The number of nitrogens with zero attached hydrogens (tertiary/aromatic N) is 3. The van der Waals surface area contributed by atoms with Gasteiger partial charge >= 0.3 is 0 Å². The Morgan fingerprint density at radius 3 is 2.81 bits per heavy atom. The van der Waals surface area contributed by atoms with E-state index in [0.717, 1.165) is 0 Å². The molecule has 1 aromatic carbocycles. The van der Waals surface area contributed by atoms with Crippen LogP contribution >= 0.6 is 0 Å². The van der Waals surface area contributed by atoms with E-state index in [9.17, 15) is 4.79 Å². The zero-order valence-corrected chi connectivity index (χ0v) is 12.3. The summed E-state index contributed by atoms with van der Waals surface area (Å²) in [6.45, 7) is 2.74. The zero-order chi connectivity index (χ0) is 15.2. The summed E-state index contributed by atoms with van der Waals surface area (Å²) in [7, 11) is 3.27. The molecule has 0 unspecified atom stereocenters. The molecule has 0 aliphatic rings. The number of aromatic amines is 1. The van der Waals surface area contributed by atoms with E-state index in [0.29, 0.717) is 36.0 Å². The highest BCUT2D eigenvalue weighted by Gasteiger charge is 2.16. The molecular formula is C14H18N4O3.